The number of anilines is 1. The van der Waals surface area contributed by atoms with Crippen LogP contribution in [-0.2, 0) is 29.1 Å². The number of hydrogen-bond donors (Lipinski definition) is 4. The van der Waals surface area contributed by atoms with Crippen molar-refractivity contribution in [3.05, 3.63) is 101 Å². The summed E-state index contributed by atoms with van der Waals surface area (Å²) >= 11 is 0. The second kappa shape index (κ2) is 10.1. The van der Waals surface area contributed by atoms with E-state index in [-0.39, 0.29) is 11.8 Å². The molecule has 38 heavy (non-hydrogen) atoms. The lowest BCUT2D eigenvalue weighted by atomic mass is 10.0. The Labute approximate surface area is 221 Å². The number of benzene rings is 3. The fraction of sp³-hybridized carbons (Fsp3) is 0.233. The molecular weight excluding hydrogens is 478 g/mol. The lowest BCUT2D eigenvalue weighted by Gasteiger charge is -2.27. The van der Waals surface area contributed by atoms with Crippen molar-refractivity contribution < 1.29 is 14.4 Å². The Bertz CT molecular complexity index is 1500. The van der Waals surface area contributed by atoms with Gasteiger partial charge in [-0.2, -0.15) is 0 Å². The van der Waals surface area contributed by atoms with Gasteiger partial charge in [-0.15, -0.1) is 0 Å². The number of amides is 3. The van der Waals surface area contributed by atoms with Crippen LogP contribution >= 0.6 is 0 Å². The minimum Gasteiger partial charge on any atom is -0.361 e. The van der Waals surface area contributed by atoms with E-state index in [0.717, 1.165) is 27.6 Å². The lowest BCUT2D eigenvalue weighted by Crippen LogP contribution is -2.56. The molecule has 3 amide bonds. The van der Waals surface area contributed by atoms with Crippen LogP contribution in [0.2, 0.25) is 0 Å². The summed E-state index contributed by atoms with van der Waals surface area (Å²) in [6.07, 6.45) is 2.21. The number of rotatable bonds is 7. The van der Waals surface area contributed by atoms with Crippen LogP contribution in [0.3, 0.4) is 0 Å². The number of H-pyrrole nitrogens is 1. The van der Waals surface area contributed by atoms with Crippen molar-refractivity contribution in [3.8, 4) is 0 Å². The van der Waals surface area contributed by atoms with Crippen LogP contribution in [0.25, 0.3) is 10.9 Å². The number of hydrogen-bond acceptors (Lipinski definition) is 4. The molecule has 0 aliphatic carbocycles. The SMILES string of the molecule is CC(C)(N)C(=O)NC(Cc1c[nH]c2ccccc12)C(=O)N1Cc2ccc(NC(=O)c3ccccc3)cc2C1. The van der Waals surface area contributed by atoms with Crippen molar-refractivity contribution in [3.63, 3.8) is 0 Å². The van der Waals surface area contributed by atoms with Crippen molar-refractivity contribution >= 4 is 34.3 Å². The number of aromatic amines is 1. The van der Waals surface area contributed by atoms with Gasteiger partial charge in [-0.1, -0.05) is 42.5 Å². The number of nitrogens with zero attached hydrogens (tertiary/aromatic N) is 1. The predicted molar refractivity (Wildman–Crippen MR) is 147 cm³/mol. The number of aromatic nitrogens is 1. The maximum atomic E-state index is 13.8. The molecule has 5 N–H and O–H groups in total. The van der Waals surface area contributed by atoms with Crippen molar-refractivity contribution in [2.45, 2.75) is 44.9 Å². The largest absolute Gasteiger partial charge is 0.361 e. The van der Waals surface area contributed by atoms with Gasteiger partial charge < -0.3 is 26.3 Å². The van der Waals surface area contributed by atoms with Gasteiger partial charge in [0.25, 0.3) is 5.91 Å². The third kappa shape index (κ3) is 5.31. The predicted octanol–water partition coefficient (Wildman–Crippen LogP) is 3.73. The smallest absolute Gasteiger partial charge is 0.255 e. The van der Waals surface area contributed by atoms with Crippen LogP contribution in [0.5, 0.6) is 0 Å². The fourth-order valence-electron chi connectivity index (χ4n) is 4.71. The van der Waals surface area contributed by atoms with E-state index in [0.29, 0.717) is 30.8 Å². The van der Waals surface area contributed by atoms with Gasteiger partial charge in [0.1, 0.15) is 6.04 Å². The zero-order valence-electron chi connectivity index (χ0n) is 21.5. The molecule has 5 rings (SSSR count). The molecule has 0 saturated heterocycles. The highest BCUT2D eigenvalue weighted by molar-refractivity contribution is 6.04. The van der Waals surface area contributed by atoms with Gasteiger partial charge in [0.2, 0.25) is 11.8 Å². The van der Waals surface area contributed by atoms with Crippen LogP contribution in [0.1, 0.15) is 40.9 Å². The summed E-state index contributed by atoms with van der Waals surface area (Å²) in [4.78, 5) is 44.1. The van der Waals surface area contributed by atoms with Gasteiger partial charge in [0.05, 0.1) is 5.54 Å². The maximum Gasteiger partial charge on any atom is 0.255 e. The fourth-order valence-corrected chi connectivity index (χ4v) is 4.71. The Morgan fingerprint density at radius 3 is 2.45 bits per heavy atom. The molecule has 0 spiro atoms. The van der Waals surface area contributed by atoms with E-state index >= 15 is 0 Å². The number of carbonyl (C=O) groups excluding carboxylic acids is 3. The van der Waals surface area contributed by atoms with Crippen LogP contribution in [0, 0.1) is 0 Å². The normalized spacial score (nSPS) is 13.7. The number of nitrogens with one attached hydrogen (secondary N) is 3. The van der Waals surface area contributed by atoms with Gasteiger partial charge in [-0.3, -0.25) is 14.4 Å². The zero-order chi connectivity index (χ0) is 26.9. The molecule has 2 heterocycles. The summed E-state index contributed by atoms with van der Waals surface area (Å²) in [6, 6.07) is 21.8. The lowest BCUT2D eigenvalue weighted by molar-refractivity contribution is -0.138. The highest BCUT2D eigenvalue weighted by atomic mass is 16.2. The van der Waals surface area contributed by atoms with Gasteiger partial charge >= 0.3 is 0 Å². The molecule has 8 nitrogen and oxygen atoms in total. The number of carbonyl (C=O) groups is 3. The average Bonchev–Trinajstić information content (AvgIpc) is 3.52. The maximum absolute atomic E-state index is 13.8. The molecule has 1 atom stereocenters. The van der Waals surface area contributed by atoms with E-state index in [2.05, 4.69) is 15.6 Å². The number of fused-ring (bicyclic) bond motifs is 2. The molecule has 194 valence electrons. The van der Waals surface area contributed by atoms with Crippen molar-refractivity contribution in [1.29, 1.82) is 0 Å². The van der Waals surface area contributed by atoms with Gasteiger partial charge in [-0.25, -0.2) is 0 Å². The van der Waals surface area contributed by atoms with E-state index in [9.17, 15) is 14.4 Å². The van der Waals surface area contributed by atoms with E-state index in [1.165, 1.54) is 0 Å². The van der Waals surface area contributed by atoms with E-state index in [1.807, 2.05) is 66.9 Å². The van der Waals surface area contributed by atoms with Crippen LogP contribution in [0.15, 0.2) is 79.0 Å². The summed E-state index contributed by atoms with van der Waals surface area (Å²) in [6.45, 7) is 4.04. The molecule has 0 bridgehead atoms. The Kier molecular flexibility index (Phi) is 6.73. The van der Waals surface area contributed by atoms with Gasteiger partial charge in [-0.05, 0) is 60.9 Å². The summed E-state index contributed by atoms with van der Waals surface area (Å²) in [7, 11) is 0. The minimum atomic E-state index is -1.13. The summed E-state index contributed by atoms with van der Waals surface area (Å²) in [5.74, 6) is -0.764. The topological polar surface area (TPSA) is 120 Å². The van der Waals surface area contributed by atoms with E-state index in [1.54, 1.807) is 30.9 Å². The molecule has 0 fully saturated rings. The summed E-state index contributed by atoms with van der Waals surface area (Å²) in [5.41, 5.74) is 10.0. The minimum absolute atomic E-state index is 0.182. The second-order valence-electron chi connectivity index (χ2n) is 10.3. The standard InChI is InChI=1S/C30H31N5O3/c1-30(2,31)29(38)34-26(15-21-16-32-25-11-7-6-10-24(21)25)28(37)35-17-20-12-13-23(14-22(20)18-35)33-27(36)19-8-4-3-5-9-19/h3-14,16,26,32H,15,17-18,31H2,1-2H3,(H,33,36)(H,34,38). The van der Waals surface area contributed by atoms with E-state index in [4.69, 9.17) is 5.73 Å². The summed E-state index contributed by atoms with van der Waals surface area (Å²) < 4.78 is 0. The Morgan fingerprint density at radius 1 is 0.974 bits per heavy atom. The number of nitrogens with two attached hydrogens (primary N) is 1. The average molecular weight is 510 g/mol. The number of para-hydroxylation sites is 1. The Balaban J connectivity index is 1.34. The first-order valence-corrected chi connectivity index (χ1v) is 12.6. The third-order valence-corrected chi connectivity index (χ3v) is 6.82. The summed E-state index contributed by atoms with van der Waals surface area (Å²) in [5, 5.41) is 6.83. The molecule has 1 aliphatic heterocycles. The third-order valence-electron chi connectivity index (χ3n) is 6.82. The monoisotopic (exact) mass is 509 g/mol. The molecule has 1 aliphatic rings. The highest BCUT2D eigenvalue weighted by Gasteiger charge is 2.33. The molecule has 0 radical (unpaired) electrons. The van der Waals surface area contributed by atoms with Crippen LogP contribution in [0.4, 0.5) is 5.69 Å². The second-order valence-corrected chi connectivity index (χ2v) is 10.3. The molecule has 8 heteroatoms. The first kappa shape index (κ1) is 25.2. The molecule has 1 aromatic heterocycles. The molecule has 3 aromatic carbocycles. The van der Waals surface area contributed by atoms with Crippen molar-refractivity contribution in [1.82, 2.24) is 15.2 Å². The van der Waals surface area contributed by atoms with Crippen LogP contribution in [-0.4, -0.2) is 39.2 Å². The Hall–Kier alpha value is -4.43. The van der Waals surface area contributed by atoms with Crippen LogP contribution < -0.4 is 16.4 Å². The zero-order valence-corrected chi connectivity index (χ0v) is 21.5. The first-order valence-electron chi connectivity index (χ1n) is 12.6. The first-order chi connectivity index (χ1) is 18.2. The van der Waals surface area contributed by atoms with Crippen molar-refractivity contribution in [2.75, 3.05) is 5.32 Å². The molecule has 0 saturated carbocycles. The molecular formula is C30H31N5O3. The van der Waals surface area contributed by atoms with Gasteiger partial charge in [0.15, 0.2) is 0 Å². The van der Waals surface area contributed by atoms with Gasteiger partial charge in [0, 0.05) is 47.9 Å². The van der Waals surface area contributed by atoms with E-state index < -0.39 is 17.5 Å². The highest BCUT2D eigenvalue weighted by Crippen LogP contribution is 2.28. The molecule has 4 aromatic rings. The molecule has 1 unspecified atom stereocenters. The Morgan fingerprint density at radius 2 is 1.68 bits per heavy atom. The quantitative estimate of drug-likeness (QED) is 0.303. The van der Waals surface area contributed by atoms with Crippen molar-refractivity contribution in [2.24, 2.45) is 5.73 Å².